The molecule has 0 aliphatic rings. The molecule has 0 spiro atoms. The van der Waals surface area contributed by atoms with Crippen LogP contribution in [0.1, 0.15) is 44.4 Å². The van der Waals surface area contributed by atoms with Gasteiger partial charge in [0.1, 0.15) is 22.5 Å². The lowest BCUT2D eigenvalue weighted by Gasteiger charge is -2.17. The SMILES string of the molecule is COc1c(-c2ccc(Cl)c(C(F)(F)F)c2)oc2c(CC=C(C)C)c(O)c(CC=C(C)C)c(O)c2c1=O. The minimum absolute atomic E-state index is 0.108. The Morgan fingerprint density at radius 2 is 1.61 bits per heavy atom. The van der Waals surface area contributed by atoms with Crippen LogP contribution < -0.4 is 10.2 Å². The van der Waals surface area contributed by atoms with Crippen LogP contribution in [0, 0.1) is 0 Å². The number of phenolic OH excluding ortho intramolecular Hbond substituents is 2. The third kappa shape index (κ3) is 5.23. The molecule has 5 nitrogen and oxygen atoms in total. The Morgan fingerprint density at radius 3 is 2.14 bits per heavy atom. The first-order valence-electron chi connectivity index (χ1n) is 11.0. The smallest absolute Gasteiger partial charge is 0.417 e. The molecule has 0 bridgehead atoms. The van der Waals surface area contributed by atoms with E-state index in [-0.39, 0.29) is 57.8 Å². The number of halogens is 4. The van der Waals surface area contributed by atoms with Gasteiger partial charge in [-0.1, -0.05) is 34.9 Å². The lowest BCUT2D eigenvalue weighted by atomic mass is 9.96. The fraction of sp³-hybridized carbons (Fsp3) is 0.296. The van der Waals surface area contributed by atoms with Crippen LogP contribution in [0.15, 0.2) is 50.7 Å². The molecule has 1 heterocycles. The molecular weight excluding hydrogens is 497 g/mol. The third-order valence-corrected chi connectivity index (χ3v) is 5.94. The summed E-state index contributed by atoms with van der Waals surface area (Å²) in [7, 11) is 1.17. The van der Waals surface area contributed by atoms with Crippen LogP contribution in [0.3, 0.4) is 0 Å². The lowest BCUT2D eigenvalue weighted by molar-refractivity contribution is -0.137. The molecule has 2 aromatic carbocycles. The van der Waals surface area contributed by atoms with Gasteiger partial charge in [-0.3, -0.25) is 4.79 Å². The monoisotopic (exact) mass is 522 g/mol. The van der Waals surface area contributed by atoms with E-state index in [0.29, 0.717) is 0 Å². The van der Waals surface area contributed by atoms with Gasteiger partial charge in [0.2, 0.25) is 11.2 Å². The van der Waals surface area contributed by atoms with Crippen LogP contribution in [0.5, 0.6) is 17.2 Å². The maximum atomic E-state index is 13.5. The number of phenols is 2. The molecule has 0 fully saturated rings. The van der Waals surface area contributed by atoms with Crippen LogP contribution in [0.2, 0.25) is 5.02 Å². The number of fused-ring (bicyclic) bond motifs is 1. The standard InChI is InChI=1S/C27H26ClF3O5/c1-13(2)6-9-16-21(32)17(10-7-14(3)4)25-20(22(16)33)23(34)26(35-5)24(36-25)15-8-11-19(28)18(12-15)27(29,30)31/h6-8,11-12,32-33H,9-10H2,1-5H3. The Labute approximate surface area is 211 Å². The summed E-state index contributed by atoms with van der Waals surface area (Å²) in [5.74, 6) is -1.42. The Bertz CT molecular complexity index is 1440. The average Bonchev–Trinajstić information content (AvgIpc) is 2.77. The number of aromatic hydroxyl groups is 2. The van der Waals surface area contributed by atoms with Crippen molar-refractivity contribution in [3.05, 3.63) is 73.4 Å². The van der Waals surface area contributed by atoms with E-state index in [2.05, 4.69) is 0 Å². The summed E-state index contributed by atoms with van der Waals surface area (Å²) in [4.78, 5) is 13.5. The summed E-state index contributed by atoms with van der Waals surface area (Å²) < 4.78 is 51.7. The van der Waals surface area contributed by atoms with Crippen LogP contribution in [-0.2, 0) is 19.0 Å². The van der Waals surface area contributed by atoms with E-state index < -0.39 is 27.9 Å². The van der Waals surface area contributed by atoms with Gasteiger partial charge in [-0.25, -0.2) is 0 Å². The van der Waals surface area contributed by atoms with Crippen molar-refractivity contribution in [2.45, 2.75) is 46.7 Å². The molecule has 0 saturated heterocycles. The second-order valence-electron chi connectivity index (χ2n) is 8.82. The Kier molecular flexibility index (Phi) is 7.79. The number of benzene rings is 2. The Balaban J connectivity index is 2.47. The molecule has 3 aromatic rings. The highest BCUT2D eigenvalue weighted by Crippen LogP contribution is 2.44. The molecule has 0 aliphatic heterocycles. The third-order valence-electron chi connectivity index (χ3n) is 5.61. The molecule has 36 heavy (non-hydrogen) atoms. The number of rotatable bonds is 6. The summed E-state index contributed by atoms with van der Waals surface area (Å²) in [6, 6.07) is 3.07. The second-order valence-corrected chi connectivity index (χ2v) is 9.22. The van der Waals surface area contributed by atoms with Crippen molar-refractivity contribution < 1.29 is 32.5 Å². The molecule has 192 valence electrons. The van der Waals surface area contributed by atoms with Crippen molar-refractivity contribution >= 4 is 22.6 Å². The van der Waals surface area contributed by atoms with Crippen LogP contribution in [-0.4, -0.2) is 17.3 Å². The van der Waals surface area contributed by atoms with Gasteiger partial charge in [-0.05, 0) is 58.7 Å². The maximum Gasteiger partial charge on any atom is 0.417 e. The van der Waals surface area contributed by atoms with Crippen molar-refractivity contribution in [3.8, 4) is 28.6 Å². The molecule has 0 saturated carbocycles. The fourth-order valence-corrected chi connectivity index (χ4v) is 3.98. The van der Waals surface area contributed by atoms with E-state index in [1.165, 1.54) is 13.2 Å². The van der Waals surface area contributed by atoms with E-state index in [4.69, 9.17) is 20.8 Å². The Hall–Kier alpha value is -3.39. The van der Waals surface area contributed by atoms with Gasteiger partial charge in [0.25, 0.3) is 0 Å². The number of ether oxygens (including phenoxy) is 1. The number of allylic oxidation sites excluding steroid dienone is 4. The van der Waals surface area contributed by atoms with Crippen molar-refractivity contribution in [1.29, 1.82) is 0 Å². The zero-order valence-corrected chi connectivity index (χ0v) is 21.2. The summed E-state index contributed by atoms with van der Waals surface area (Å²) in [6.07, 6.45) is -0.874. The van der Waals surface area contributed by atoms with Gasteiger partial charge in [-0.15, -0.1) is 0 Å². The molecule has 0 radical (unpaired) electrons. The molecule has 0 amide bonds. The minimum atomic E-state index is -4.75. The summed E-state index contributed by atoms with van der Waals surface area (Å²) in [5.41, 5.74) is 0.0516. The van der Waals surface area contributed by atoms with E-state index in [1.807, 2.05) is 27.7 Å². The quantitative estimate of drug-likeness (QED) is 0.326. The predicted molar refractivity (Wildman–Crippen MR) is 134 cm³/mol. The van der Waals surface area contributed by atoms with E-state index in [9.17, 15) is 28.2 Å². The largest absolute Gasteiger partial charge is 0.507 e. The Morgan fingerprint density at radius 1 is 1.03 bits per heavy atom. The zero-order chi connectivity index (χ0) is 26.9. The van der Waals surface area contributed by atoms with Gasteiger partial charge >= 0.3 is 6.18 Å². The maximum absolute atomic E-state index is 13.5. The van der Waals surface area contributed by atoms with Gasteiger partial charge in [0.05, 0.1) is 17.7 Å². The topological polar surface area (TPSA) is 79.9 Å². The second kappa shape index (κ2) is 10.3. The molecule has 0 aliphatic carbocycles. The number of alkyl halides is 3. The van der Waals surface area contributed by atoms with Crippen LogP contribution in [0.25, 0.3) is 22.3 Å². The number of methoxy groups -OCH3 is 1. The highest BCUT2D eigenvalue weighted by molar-refractivity contribution is 6.31. The lowest BCUT2D eigenvalue weighted by Crippen LogP contribution is -2.11. The van der Waals surface area contributed by atoms with E-state index in [1.54, 1.807) is 12.2 Å². The zero-order valence-electron chi connectivity index (χ0n) is 20.4. The van der Waals surface area contributed by atoms with Gasteiger partial charge in [-0.2, -0.15) is 13.2 Å². The van der Waals surface area contributed by atoms with E-state index >= 15 is 0 Å². The highest BCUT2D eigenvalue weighted by Gasteiger charge is 2.34. The van der Waals surface area contributed by atoms with Crippen LogP contribution in [0.4, 0.5) is 13.2 Å². The van der Waals surface area contributed by atoms with E-state index in [0.717, 1.165) is 23.3 Å². The summed E-state index contributed by atoms with van der Waals surface area (Å²) in [6.45, 7) is 7.40. The molecule has 1 aromatic heterocycles. The molecule has 2 N–H and O–H groups in total. The van der Waals surface area contributed by atoms with Gasteiger partial charge < -0.3 is 19.4 Å². The summed E-state index contributed by atoms with van der Waals surface area (Å²) >= 11 is 5.75. The first-order chi connectivity index (χ1) is 16.8. The van der Waals surface area contributed by atoms with Gasteiger partial charge in [0, 0.05) is 16.7 Å². The first-order valence-corrected chi connectivity index (χ1v) is 11.4. The van der Waals surface area contributed by atoms with Crippen molar-refractivity contribution in [2.75, 3.05) is 7.11 Å². The number of hydrogen-bond donors (Lipinski definition) is 2. The first kappa shape index (κ1) is 27.2. The molecule has 0 unspecified atom stereocenters. The molecular formula is C27H26ClF3O5. The fourth-order valence-electron chi connectivity index (χ4n) is 3.75. The van der Waals surface area contributed by atoms with Crippen molar-refractivity contribution in [3.63, 3.8) is 0 Å². The average molecular weight is 523 g/mol. The molecule has 0 atom stereocenters. The molecule has 9 heteroatoms. The normalized spacial score (nSPS) is 11.5. The predicted octanol–water partition coefficient (Wildman–Crippen LogP) is 7.57. The van der Waals surface area contributed by atoms with Crippen molar-refractivity contribution in [2.24, 2.45) is 0 Å². The van der Waals surface area contributed by atoms with Gasteiger partial charge in [0.15, 0.2) is 5.76 Å². The molecule has 3 rings (SSSR count). The number of hydrogen-bond acceptors (Lipinski definition) is 5. The van der Waals surface area contributed by atoms with Crippen LogP contribution >= 0.6 is 11.6 Å². The highest BCUT2D eigenvalue weighted by atomic mass is 35.5. The van der Waals surface area contributed by atoms with Crippen molar-refractivity contribution in [1.82, 2.24) is 0 Å². The minimum Gasteiger partial charge on any atom is -0.507 e. The summed E-state index contributed by atoms with van der Waals surface area (Å²) in [5, 5.41) is 21.3.